The number of hydrogen-bond donors (Lipinski definition) is 8. The molecule has 250 valence electrons. The average Bonchev–Trinajstić information content (AvgIpc) is 3.03. The Kier molecular flexibility index (Phi) is 12.5. The quantitative estimate of drug-likeness (QED) is 0.138. The molecule has 5 unspecified atom stereocenters. The predicted molar refractivity (Wildman–Crippen MR) is 167 cm³/mol. The molecule has 1 saturated heterocycles. The molecule has 6 atom stereocenters. The van der Waals surface area contributed by atoms with Crippen molar-refractivity contribution in [2.24, 2.45) is 5.73 Å². The van der Waals surface area contributed by atoms with Gasteiger partial charge in [-0.3, -0.25) is 9.59 Å². The van der Waals surface area contributed by atoms with E-state index in [2.05, 4.69) is 5.32 Å². The van der Waals surface area contributed by atoms with Crippen molar-refractivity contribution in [3.8, 4) is 17.2 Å². The summed E-state index contributed by atoms with van der Waals surface area (Å²) >= 11 is 0. The van der Waals surface area contributed by atoms with E-state index in [1.165, 1.54) is 13.2 Å². The van der Waals surface area contributed by atoms with Crippen molar-refractivity contribution in [3.63, 3.8) is 0 Å². The van der Waals surface area contributed by atoms with Gasteiger partial charge in [-0.15, -0.1) is 0 Å². The number of fused-ring (bicyclic) bond motifs is 3. The smallest absolute Gasteiger partial charge is 0.202 e. The average molecular weight is 633 g/mol. The highest BCUT2D eigenvalue weighted by Gasteiger charge is 2.45. The number of carbonyl (C=O) groups excluding carboxylic acids is 2. The Hall–Kier alpha value is -3.10. The SMILES string of the molecule is CC.CC1OC(O)CC(N)C1O.CCCCNC(CO)[C@@]1(O)CCc2c(O)c3c(c(O)c2C1)C(=O)c1cccc(OC)c1C3=O. The normalized spacial score (nSPS) is 25.8. The number of unbranched alkanes of at least 4 members (excludes halogenated alkanes) is 1. The van der Waals surface area contributed by atoms with E-state index < -0.39 is 41.4 Å². The van der Waals surface area contributed by atoms with Crippen LogP contribution in [0.1, 0.15) is 96.3 Å². The Labute approximate surface area is 263 Å². The summed E-state index contributed by atoms with van der Waals surface area (Å²) in [5, 5.41) is 64.8. The summed E-state index contributed by atoms with van der Waals surface area (Å²) in [6, 6.07) is 3.61. The Morgan fingerprint density at radius 3 is 2.33 bits per heavy atom. The number of benzene rings is 2. The van der Waals surface area contributed by atoms with Gasteiger partial charge in [0, 0.05) is 35.6 Å². The maximum absolute atomic E-state index is 13.3. The number of ketones is 2. The Morgan fingerprint density at radius 2 is 1.73 bits per heavy atom. The minimum atomic E-state index is -1.39. The minimum absolute atomic E-state index is 0.0555. The highest BCUT2D eigenvalue weighted by Crippen LogP contribution is 2.48. The van der Waals surface area contributed by atoms with Gasteiger partial charge in [0.15, 0.2) is 12.1 Å². The number of nitrogens with two attached hydrogens (primary N) is 1. The van der Waals surface area contributed by atoms with Crippen molar-refractivity contribution >= 4 is 11.6 Å². The van der Waals surface area contributed by atoms with Gasteiger partial charge in [0.05, 0.1) is 54.3 Å². The number of phenols is 2. The van der Waals surface area contributed by atoms with Gasteiger partial charge in [-0.05, 0) is 38.8 Å². The summed E-state index contributed by atoms with van der Waals surface area (Å²) in [6.45, 7) is 8.03. The van der Waals surface area contributed by atoms with Crippen LogP contribution in [0.5, 0.6) is 17.2 Å². The van der Waals surface area contributed by atoms with Crippen LogP contribution in [-0.4, -0.2) is 98.6 Å². The molecule has 12 nitrogen and oxygen atoms in total. The van der Waals surface area contributed by atoms with E-state index in [4.69, 9.17) is 20.3 Å². The molecule has 0 amide bonds. The van der Waals surface area contributed by atoms with Crippen LogP contribution >= 0.6 is 0 Å². The van der Waals surface area contributed by atoms with E-state index >= 15 is 0 Å². The molecule has 45 heavy (non-hydrogen) atoms. The number of aliphatic hydroxyl groups excluding tert-OH is 3. The fourth-order valence-corrected chi connectivity index (χ4v) is 6.13. The third kappa shape index (κ3) is 7.17. The van der Waals surface area contributed by atoms with Crippen molar-refractivity contribution in [2.45, 2.75) is 102 Å². The van der Waals surface area contributed by atoms with Gasteiger partial charge < -0.3 is 51.2 Å². The third-order valence-electron chi connectivity index (χ3n) is 8.64. The first-order valence-corrected chi connectivity index (χ1v) is 15.6. The van der Waals surface area contributed by atoms with Gasteiger partial charge in [-0.25, -0.2) is 0 Å². The maximum Gasteiger partial charge on any atom is 0.202 e. The summed E-state index contributed by atoms with van der Waals surface area (Å²) in [5.41, 5.74) is 4.28. The number of aliphatic hydroxyl groups is 4. The van der Waals surface area contributed by atoms with Crippen LogP contribution in [0, 0.1) is 0 Å². The lowest BCUT2D eigenvalue weighted by atomic mass is 9.72. The second kappa shape index (κ2) is 15.5. The molecule has 9 N–H and O–H groups in total. The summed E-state index contributed by atoms with van der Waals surface area (Å²) < 4.78 is 10.1. The summed E-state index contributed by atoms with van der Waals surface area (Å²) in [6.07, 6.45) is 0.619. The molecule has 1 fully saturated rings. The second-order valence-electron chi connectivity index (χ2n) is 11.5. The summed E-state index contributed by atoms with van der Waals surface area (Å²) in [7, 11) is 1.39. The van der Waals surface area contributed by atoms with Crippen LogP contribution in [0.3, 0.4) is 0 Å². The Morgan fingerprint density at radius 1 is 1.09 bits per heavy atom. The molecule has 0 aromatic heterocycles. The van der Waals surface area contributed by atoms with E-state index in [0.29, 0.717) is 18.5 Å². The molecule has 2 aromatic rings. The number of hydrogen-bond acceptors (Lipinski definition) is 12. The molecule has 0 radical (unpaired) electrons. The van der Waals surface area contributed by atoms with Gasteiger partial charge in [0.25, 0.3) is 0 Å². The first-order valence-electron chi connectivity index (χ1n) is 15.6. The highest BCUT2D eigenvalue weighted by atomic mass is 16.6. The fourth-order valence-electron chi connectivity index (χ4n) is 6.13. The number of phenolic OH excluding ortho intramolecular Hbond substituents is 2. The molecule has 0 saturated carbocycles. The Balaban J connectivity index is 0.000000389. The Bertz CT molecular complexity index is 1350. The molecule has 12 heteroatoms. The second-order valence-corrected chi connectivity index (χ2v) is 11.5. The number of nitrogens with one attached hydrogen (secondary N) is 1. The van der Waals surface area contributed by atoms with Crippen molar-refractivity contribution in [1.82, 2.24) is 5.32 Å². The van der Waals surface area contributed by atoms with Crippen molar-refractivity contribution < 1.29 is 49.7 Å². The minimum Gasteiger partial charge on any atom is -0.507 e. The van der Waals surface area contributed by atoms with E-state index in [1.54, 1.807) is 19.1 Å². The molecule has 5 rings (SSSR count). The largest absolute Gasteiger partial charge is 0.507 e. The molecular formula is C33H48N2O10. The number of methoxy groups -OCH3 is 1. The monoisotopic (exact) mass is 632 g/mol. The third-order valence-corrected chi connectivity index (χ3v) is 8.64. The van der Waals surface area contributed by atoms with Crippen molar-refractivity contribution in [3.05, 3.63) is 51.6 Å². The lowest BCUT2D eigenvalue weighted by molar-refractivity contribution is -0.198. The van der Waals surface area contributed by atoms with E-state index in [-0.39, 0.29) is 77.3 Å². The molecule has 2 aliphatic carbocycles. The number of aromatic hydroxyl groups is 2. The highest BCUT2D eigenvalue weighted by molar-refractivity contribution is 6.31. The lowest BCUT2D eigenvalue weighted by Crippen LogP contribution is -2.56. The molecule has 2 aromatic carbocycles. The van der Waals surface area contributed by atoms with Gasteiger partial charge in [-0.2, -0.15) is 0 Å². The van der Waals surface area contributed by atoms with Crippen LogP contribution in [-0.2, 0) is 17.6 Å². The molecule has 3 aliphatic rings. The van der Waals surface area contributed by atoms with Crippen LogP contribution in [0.4, 0.5) is 0 Å². The van der Waals surface area contributed by atoms with Crippen molar-refractivity contribution in [1.29, 1.82) is 0 Å². The topological polar surface area (TPSA) is 212 Å². The van der Waals surface area contributed by atoms with Crippen molar-refractivity contribution in [2.75, 3.05) is 20.3 Å². The molecule has 1 heterocycles. The van der Waals surface area contributed by atoms with E-state index in [0.717, 1.165) is 12.8 Å². The first kappa shape index (κ1) is 36.4. The first-order chi connectivity index (χ1) is 21.4. The standard InChI is InChI=1S/C25H29NO7.C6H13NO3.C2H6/c1-3-4-10-26-17(12-27)25(32)9-8-13-15(11-25)23(30)19-20(21(13)28)24(31)18-14(22(19)29)6-5-7-16(18)33-2;1-3-6(9)4(7)2-5(8)10-3;1-2/h5-7,17,26-28,30,32H,3-4,8-12H2,1-2H3;3-6,8-9H,2,7H2,1H3;1-2H3/t17?,25-;;/m1../s1. The zero-order valence-corrected chi connectivity index (χ0v) is 26.7. The zero-order chi connectivity index (χ0) is 33.6. The summed E-state index contributed by atoms with van der Waals surface area (Å²) in [5.74, 6) is -1.74. The van der Waals surface area contributed by atoms with Gasteiger partial charge >= 0.3 is 0 Å². The molecule has 1 aliphatic heterocycles. The van der Waals surface area contributed by atoms with Crippen LogP contribution in [0.2, 0.25) is 0 Å². The number of carbonyl (C=O) groups is 2. The number of rotatable bonds is 7. The fraction of sp³-hybridized carbons (Fsp3) is 0.576. The summed E-state index contributed by atoms with van der Waals surface area (Å²) in [4.78, 5) is 26.6. The van der Waals surface area contributed by atoms with Crippen LogP contribution < -0.4 is 15.8 Å². The van der Waals surface area contributed by atoms with Gasteiger partial charge in [0.2, 0.25) is 5.78 Å². The van der Waals surface area contributed by atoms with E-state index in [1.807, 2.05) is 20.8 Å². The van der Waals surface area contributed by atoms with E-state index in [9.17, 15) is 35.1 Å². The molecule has 0 spiro atoms. The predicted octanol–water partition coefficient (Wildman–Crippen LogP) is 1.68. The maximum atomic E-state index is 13.3. The molecular weight excluding hydrogens is 584 g/mol. The number of ether oxygens (including phenoxy) is 2. The van der Waals surface area contributed by atoms with Gasteiger partial charge in [-0.1, -0.05) is 39.3 Å². The molecule has 0 bridgehead atoms. The zero-order valence-electron chi connectivity index (χ0n) is 26.7. The van der Waals surface area contributed by atoms with Crippen LogP contribution in [0.15, 0.2) is 18.2 Å². The van der Waals surface area contributed by atoms with Crippen LogP contribution in [0.25, 0.3) is 0 Å². The lowest BCUT2D eigenvalue weighted by Gasteiger charge is -2.40. The van der Waals surface area contributed by atoms with Gasteiger partial charge in [0.1, 0.15) is 17.2 Å².